The fraction of sp³-hybridized carbons (Fsp3) is 0.786. The van der Waals surface area contributed by atoms with Gasteiger partial charge in [-0.3, -0.25) is 0 Å². The Bertz CT molecular complexity index is 383. The van der Waals surface area contributed by atoms with Gasteiger partial charge in [-0.05, 0) is 47.3 Å². The highest BCUT2D eigenvalue weighted by molar-refractivity contribution is 5.11. The summed E-state index contributed by atoms with van der Waals surface area (Å²) in [6.07, 6.45) is 7.95. The van der Waals surface area contributed by atoms with E-state index in [9.17, 15) is 0 Å². The Hall–Kier alpha value is -0.870. The molecule has 0 aromatic carbocycles. The molecule has 1 N–H and O–H groups in total. The Morgan fingerprint density at radius 3 is 2.89 bits per heavy atom. The maximum absolute atomic E-state index is 4.33. The number of piperidine rings is 1. The van der Waals surface area contributed by atoms with E-state index in [0.29, 0.717) is 6.04 Å². The van der Waals surface area contributed by atoms with Crippen molar-refractivity contribution in [2.24, 2.45) is 0 Å². The molecule has 0 amide bonds. The van der Waals surface area contributed by atoms with E-state index in [1.807, 2.05) is 19.6 Å². The topological polar surface area (TPSA) is 33.1 Å². The van der Waals surface area contributed by atoms with E-state index in [4.69, 9.17) is 0 Å². The lowest BCUT2D eigenvalue weighted by Crippen LogP contribution is -2.41. The molecule has 2 heterocycles. The number of hydrogen-bond donors (Lipinski definition) is 1. The van der Waals surface area contributed by atoms with Crippen LogP contribution in [0.3, 0.4) is 0 Å². The second-order valence-electron chi connectivity index (χ2n) is 5.94. The standard InChI is InChI=1S/C14H26N4/c1-14(2,15-3)13-9-16-11-18(13)10-12-7-5-6-8-17(12)4/h9,11-12,15H,5-8,10H2,1-4H3. The molecule has 1 aromatic heterocycles. The van der Waals surface area contributed by atoms with Crippen LogP contribution in [0.1, 0.15) is 38.8 Å². The minimum Gasteiger partial charge on any atom is -0.331 e. The van der Waals surface area contributed by atoms with Crippen molar-refractivity contribution >= 4 is 0 Å². The van der Waals surface area contributed by atoms with E-state index in [1.54, 1.807) is 0 Å². The zero-order valence-electron chi connectivity index (χ0n) is 12.1. The summed E-state index contributed by atoms with van der Waals surface area (Å²) in [4.78, 5) is 6.82. The first-order valence-electron chi connectivity index (χ1n) is 6.94. The molecule has 1 aliphatic heterocycles. The highest BCUT2D eigenvalue weighted by Crippen LogP contribution is 2.22. The molecule has 4 heteroatoms. The Morgan fingerprint density at radius 2 is 2.22 bits per heavy atom. The van der Waals surface area contributed by atoms with Gasteiger partial charge in [-0.2, -0.15) is 0 Å². The first-order valence-corrected chi connectivity index (χ1v) is 6.94. The van der Waals surface area contributed by atoms with Crippen LogP contribution in [0.2, 0.25) is 0 Å². The molecule has 1 saturated heterocycles. The first kappa shape index (κ1) is 13.6. The maximum atomic E-state index is 4.33. The molecule has 1 unspecified atom stereocenters. The van der Waals surface area contributed by atoms with Gasteiger partial charge in [-0.1, -0.05) is 6.42 Å². The van der Waals surface area contributed by atoms with Gasteiger partial charge in [0, 0.05) is 18.8 Å². The third-order valence-electron chi connectivity index (χ3n) is 4.31. The monoisotopic (exact) mass is 250 g/mol. The number of nitrogens with one attached hydrogen (secondary N) is 1. The Labute approximate surface area is 110 Å². The predicted molar refractivity (Wildman–Crippen MR) is 74.6 cm³/mol. The summed E-state index contributed by atoms with van der Waals surface area (Å²) < 4.78 is 2.31. The van der Waals surface area contributed by atoms with Crippen molar-refractivity contribution in [1.29, 1.82) is 0 Å². The van der Waals surface area contributed by atoms with Crippen LogP contribution in [-0.4, -0.2) is 41.1 Å². The lowest BCUT2D eigenvalue weighted by molar-refractivity contribution is 0.164. The minimum absolute atomic E-state index is 0.0241. The van der Waals surface area contributed by atoms with E-state index < -0.39 is 0 Å². The van der Waals surface area contributed by atoms with Crippen LogP contribution in [0.25, 0.3) is 0 Å². The molecular formula is C14H26N4. The fourth-order valence-electron chi connectivity index (χ4n) is 2.72. The van der Waals surface area contributed by atoms with Crippen molar-refractivity contribution in [3.05, 3.63) is 18.2 Å². The number of likely N-dealkylation sites (N-methyl/N-ethyl adjacent to an activating group) is 1. The molecule has 18 heavy (non-hydrogen) atoms. The number of likely N-dealkylation sites (tertiary alicyclic amines) is 1. The summed E-state index contributed by atoms with van der Waals surface area (Å²) in [5.41, 5.74) is 1.24. The second-order valence-corrected chi connectivity index (χ2v) is 5.94. The van der Waals surface area contributed by atoms with Gasteiger partial charge in [0.15, 0.2) is 0 Å². The Balaban J connectivity index is 2.12. The van der Waals surface area contributed by atoms with Crippen molar-refractivity contribution in [2.75, 3.05) is 20.6 Å². The van der Waals surface area contributed by atoms with Crippen LogP contribution in [0.5, 0.6) is 0 Å². The Kier molecular flexibility index (Phi) is 4.07. The molecule has 102 valence electrons. The van der Waals surface area contributed by atoms with Crippen molar-refractivity contribution in [1.82, 2.24) is 19.8 Å². The average molecular weight is 250 g/mol. The number of imidazole rings is 1. The molecule has 0 spiro atoms. The van der Waals surface area contributed by atoms with Gasteiger partial charge in [0.05, 0.1) is 17.6 Å². The number of aromatic nitrogens is 2. The lowest BCUT2D eigenvalue weighted by Gasteiger charge is -2.34. The van der Waals surface area contributed by atoms with E-state index >= 15 is 0 Å². The molecule has 0 aliphatic carbocycles. The molecule has 1 aliphatic rings. The van der Waals surface area contributed by atoms with Crippen molar-refractivity contribution in [3.8, 4) is 0 Å². The molecule has 2 rings (SSSR count). The summed E-state index contributed by atoms with van der Waals surface area (Å²) in [6.45, 7) is 6.68. The number of hydrogen-bond acceptors (Lipinski definition) is 3. The van der Waals surface area contributed by atoms with E-state index in [1.165, 1.54) is 31.5 Å². The summed E-state index contributed by atoms with van der Waals surface area (Å²) in [7, 11) is 4.24. The van der Waals surface area contributed by atoms with Crippen molar-refractivity contribution < 1.29 is 0 Å². The van der Waals surface area contributed by atoms with Crippen molar-refractivity contribution in [3.63, 3.8) is 0 Å². The normalized spacial score (nSPS) is 22.3. The minimum atomic E-state index is -0.0241. The summed E-state index contributed by atoms with van der Waals surface area (Å²) >= 11 is 0. The molecule has 0 radical (unpaired) electrons. The molecular weight excluding hydrogens is 224 g/mol. The average Bonchev–Trinajstić information content (AvgIpc) is 2.81. The second kappa shape index (κ2) is 5.41. The molecule has 0 bridgehead atoms. The largest absolute Gasteiger partial charge is 0.331 e. The van der Waals surface area contributed by atoms with Gasteiger partial charge in [0.2, 0.25) is 0 Å². The molecule has 1 aromatic rings. The van der Waals surface area contributed by atoms with E-state index in [2.05, 4.69) is 40.7 Å². The summed E-state index contributed by atoms with van der Waals surface area (Å²) in [5.74, 6) is 0. The van der Waals surface area contributed by atoms with Crippen LogP contribution in [0.15, 0.2) is 12.5 Å². The fourth-order valence-corrected chi connectivity index (χ4v) is 2.72. The van der Waals surface area contributed by atoms with Gasteiger partial charge in [-0.15, -0.1) is 0 Å². The highest BCUT2D eigenvalue weighted by Gasteiger charge is 2.25. The van der Waals surface area contributed by atoms with Gasteiger partial charge >= 0.3 is 0 Å². The molecule has 1 fully saturated rings. The third-order valence-corrected chi connectivity index (χ3v) is 4.31. The SMILES string of the molecule is CNC(C)(C)c1cncn1CC1CCCCN1C. The highest BCUT2D eigenvalue weighted by atomic mass is 15.2. The van der Waals surface area contributed by atoms with Crippen LogP contribution < -0.4 is 5.32 Å². The van der Waals surface area contributed by atoms with Crippen LogP contribution >= 0.6 is 0 Å². The quantitative estimate of drug-likeness (QED) is 0.885. The van der Waals surface area contributed by atoms with Crippen LogP contribution in [-0.2, 0) is 12.1 Å². The molecule has 4 nitrogen and oxygen atoms in total. The Morgan fingerprint density at radius 1 is 1.44 bits per heavy atom. The molecule has 0 saturated carbocycles. The molecule has 1 atom stereocenters. The lowest BCUT2D eigenvalue weighted by atomic mass is 10.00. The van der Waals surface area contributed by atoms with Crippen LogP contribution in [0, 0.1) is 0 Å². The van der Waals surface area contributed by atoms with Crippen LogP contribution in [0.4, 0.5) is 0 Å². The third kappa shape index (κ3) is 2.75. The smallest absolute Gasteiger partial charge is 0.0949 e. The van der Waals surface area contributed by atoms with Crippen molar-refractivity contribution in [2.45, 2.75) is 51.2 Å². The zero-order valence-corrected chi connectivity index (χ0v) is 12.1. The van der Waals surface area contributed by atoms with Gasteiger partial charge < -0.3 is 14.8 Å². The van der Waals surface area contributed by atoms with Gasteiger partial charge in [0.25, 0.3) is 0 Å². The zero-order chi connectivity index (χ0) is 13.2. The summed E-state index contributed by atoms with van der Waals surface area (Å²) in [5, 5.41) is 3.36. The van der Waals surface area contributed by atoms with Gasteiger partial charge in [-0.25, -0.2) is 4.98 Å². The van der Waals surface area contributed by atoms with E-state index in [-0.39, 0.29) is 5.54 Å². The number of nitrogens with zero attached hydrogens (tertiary/aromatic N) is 3. The maximum Gasteiger partial charge on any atom is 0.0949 e. The predicted octanol–water partition coefficient (Wildman–Crippen LogP) is 1.82. The van der Waals surface area contributed by atoms with E-state index in [0.717, 1.165) is 6.54 Å². The summed E-state index contributed by atoms with van der Waals surface area (Å²) in [6, 6.07) is 0.652. The number of rotatable bonds is 4. The first-order chi connectivity index (χ1) is 8.54. The van der Waals surface area contributed by atoms with Gasteiger partial charge in [0.1, 0.15) is 0 Å².